The molecule has 0 unspecified atom stereocenters. The number of nitrogens with two attached hydrogens (primary N) is 1. The summed E-state index contributed by atoms with van der Waals surface area (Å²) in [7, 11) is 1.64. The van der Waals surface area contributed by atoms with Gasteiger partial charge < -0.3 is 26.4 Å². The van der Waals surface area contributed by atoms with Crippen molar-refractivity contribution >= 4 is 40.1 Å². The Kier molecular flexibility index (Phi) is 7.59. The number of fused-ring (bicyclic) bond motifs is 1. The van der Waals surface area contributed by atoms with Gasteiger partial charge in [0, 0.05) is 38.3 Å². The first-order valence-electron chi connectivity index (χ1n) is 10.3. The smallest absolute Gasteiger partial charge is 0.343 e. The Morgan fingerprint density at radius 1 is 0.939 bits per heavy atom. The van der Waals surface area contributed by atoms with Crippen LogP contribution in [0.25, 0.3) is 10.8 Å². The van der Waals surface area contributed by atoms with Crippen molar-refractivity contribution in [3.8, 4) is 5.75 Å². The van der Waals surface area contributed by atoms with Gasteiger partial charge in [-0.05, 0) is 53.2 Å². The molecule has 9 nitrogen and oxygen atoms in total. The molecule has 3 aromatic carbocycles. The normalized spacial score (nSPS) is 11.0. The van der Waals surface area contributed by atoms with Crippen molar-refractivity contribution in [2.75, 3.05) is 25.5 Å². The summed E-state index contributed by atoms with van der Waals surface area (Å²) in [6, 6.07) is 17.5. The molecule has 0 spiro atoms. The minimum atomic E-state index is -0.473. The first kappa shape index (κ1) is 23.3. The highest BCUT2D eigenvalue weighted by atomic mass is 16.5. The van der Waals surface area contributed by atoms with Gasteiger partial charge in [0.15, 0.2) is 5.96 Å². The highest BCUT2D eigenvalue weighted by Gasteiger charge is 2.10. The third-order valence-electron chi connectivity index (χ3n) is 4.73. The number of guanidine groups is 1. The number of hydrogen-bond acceptors (Lipinski definition) is 5. The van der Waals surface area contributed by atoms with E-state index in [2.05, 4.69) is 20.9 Å². The van der Waals surface area contributed by atoms with E-state index in [9.17, 15) is 9.59 Å². The summed E-state index contributed by atoms with van der Waals surface area (Å²) >= 11 is 0. The number of nitrogens with one attached hydrogen (secondary N) is 4. The van der Waals surface area contributed by atoms with Crippen LogP contribution in [-0.4, -0.2) is 43.8 Å². The number of hydrogen-bond donors (Lipinski definition) is 5. The average molecular weight is 447 g/mol. The molecule has 0 fully saturated rings. The topological polar surface area (TPSA) is 142 Å². The number of nitrogens with zero attached hydrogens (tertiary/aromatic N) is 1. The Labute approximate surface area is 191 Å². The molecular weight excluding hydrogens is 420 g/mol. The zero-order chi connectivity index (χ0) is 23.8. The van der Waals surface area contributed by atoms with E-state index >= 15 is 0 Å². The molecule has 0 heterocycles. The zero-order valence-corrected chi connectivity index (χ0v) is 18.4. The monoisotopic (exact) mass is 446 g/mol. The molecule has 170 valence electrons. The first-order valence-corrected chi connectivity index (χ1v) is 10.3. The van der Waals surface area contributed by atoms with Crippen LogP contribution in [0.1, 0.15) is 22.8 Å². The van der Waals surface area contributed by atoms with Crippen molar-refractivity contribution in [1.29, 1.82) is 5.41 Å². The lowest BCUT2D eigenvalue weighted by molar-refractivity contribution is -0.118. The molecule has 0 aliphatic heterocycles. The molecule has 0 saturated heterocycles. The number of carbonyl (C=O) groups excluding carboxylic acids is 2. The van der Waals surface area contributed by atoms with Crippen LogP contribution < -0.4 is 26.4 Å². The summed E-state index contributed by atoms with van der Waals surface area (Å²) in [5, 5.41) is 18.2. The van der Waals surface area contributed by atoms with Gasteiger partial charge in [-0.2, -0.15) is 0 Å². The van der Waals surface area contributed by atoms with Crippen LogP contribution in [0.3, 0.4) is 0 Å². The Morgan fingerprint density at radius 2 is 1.58 bits per heavy atom. The Balaban J connectivity index is 1.60. The number of aliphatic imine (C=N–C) groups is 1. The molecule has 6 N–H and O–H groups in total. The van der Waals surface area contributed by atoms with Crippen LogP contribution in [0.2, 0.25) is 0 Å². The average Bonchev–Trinajstić information content (AvgIpc) is 2.80. The van der Waals surface area contributed by atoms with Crippen molar-refractivity contribution in [3.05, 3.63) is 71.8 Å². The minimum absolute atomic E-state index is 0.00319. The summed E-state index contributed by atoms with van der Waals surface area (Å²) in [6.45, 7) is 2.46. The molecule has 0 aromatic heterocycles. The summed E-state index contributed by atoms with van der Waals surface area (Å²) in [5.41, 5.74) is 7.32. The highest BCUT2D eigenvalue weighted by Crippen LogP contribution is 2.23. The third kappa shape index (κ3) is 6.54. The van der Waals surface area contributed by atoms with E-state index in [-0.39, 0.29) is 11.7 Å². The number of carbonyl (C=O) groups is 2. The highest BCUT2D eigenvalue weighted by molar-refractivity contribution is 5.99. The number of ether oxygens (including phenoxy) is 1. The van der Waals surface area contributed by atoms with E-state index in [1.807, 2.05) is 18.2 Å². The number of anilines is 1. The number of nitrogen functional groups attached to an aromatic ring is 1. The predicted octanol–water partition coefficient (Wildman–Crippen LogP) is 2.47. The first-order chi connectivity index (χ1) is 15.9. The van der Waals surface area contributed by atoms with Crippen molar-refractivity contribution in [2.24, 2.45) is 10.7 Å². The van der Waals surface area contributed by atoms with E-state index in [1.165, 1.54) is 6.92 Å². The maximum absolute atomic E-state index is 12.6. The van der Waals surface area contributed by atoms with Gasteiger partial charge in [-0.3, -0.25) is 15.2 Å². The van der Waals surface area contributed by atoms with Crippen molar-refractivity contribution in [2.45, 2.75) is 6.92 Å². The maximum Gasteiger partial charge on any atom is 0.343 e. The summed E-state index contributed by atoms with van der Waals surface area (Å²) in [6.07, 6.45) is 0. The van der Waals surface area contributed by atoms with Gasteiger partial charge in [0.05, 0.1) is 5.56 Å². The summed E-state index contributed by atoms with van der Waals surface area (Å²) in [4.78, 5) is 27.6. The molecule has 1 amide bonds. The lowest BCUT2D eigenvalue weighted by Crippen LogP contribution is -2.37. The van der Waals surface area contributed by atoms with Crippen LogP contribution >= 0.6 is 0 Å². The van der Waals surface area contributed by atoms with E-state index in [0.29, 0.717) is 35.9 Å². The molecule has 0 aliphatic carbocycles. The van der Waals surface area contributed by atoms with Gasteiger partial charge in [0.2, 0.25) is 5.91 Å². The standard InChI is InChI=1S/C24H26N6O3/c1-15(31)28-11-12-29-24(27-2)30-20-8-5-16(6-9-20)23(32)33-21-10-7-17-13-19(22(25)26)4-3-18(17)14-21/h3-10,13-14H,11-12H2,1-2H3,(H3,25,26)(H,28,31)(H2,27,29,30). The molecule has 9 heteroatoms. The van der Waals surface area contributed by atoms with Gasteiger partial charge in [0.1, 0.15) is 11.6 Å². The number of amides is 1. The lowest BCUT2D eigenvalue weighted by atomic mass is 10.1. The molecular formula is C24H26N6O3. The van der Waals surface area contributed by atoms with E-state index < -0.39 is 5.97 Å². The molecule has 0 saturated carbocycles. The quantitative estimate of drug-likeness (QED) is 0.124. The van der Waals surface area contributed by atoms with E-state index in [4.69, 9.17) is 15.9 Å². The van der Waals surface area contributed by atoms with Crippen LogP contribution in [0.15, 0.2) is 65.7 Å². The molecule has 33 heavy (non-hydrogen) atoms. The maximum atomic E-state index is 12.6. The van der Waals surface area contributed by atoms with Gasteiger partial charge >= 0.3 is 5.97 Å². The fraction of sp³-hybridized carbons (Fsp3) is 0.167. The molecule has 0 radical (unpaired) electrons. The fourth-order valence-corrected chi connectivity index (χ4v) is 3.05. The molecule has 0 aliphatic rings. The molecule has 0 bridgehead atoms. The van der Waals surface area contributed by atoms with E-state index in [0.717, 1.165) is 16.5 Å². The number of rotatable bonds is 7. The van der Waals surface area contributed by atoms with Crippen molar-refractivity contribution in [3.63, 3.8) is 0 Å². The number of amidine groups is 1. The second-order valence-corrected chi connectivity index (χ2v) is 7.21. The van der Waals surface area contributed by atoms with Gasteiger partial charge in [-0.15, -0.1) is 0 Å². The van der Waals surface area contributed by atoms with Crippen molar-refractivity contribution in [1.82, 2.24) is 10.6 Å². The Morgan fingerprint density at radius 3 is 2.24 bits per heavy atom. The summed E-state index contributed by atoms with van der Waals surface area (Å²) < 4.78 is 5.52. The van der Waals surface area contributed by atoms with Gasteiger partial charge in [-0.1, -0.05) is 18.2 Å². The lowest BCUT2D eigenvalue weighted by Gasteiger charge is -2.12. The summed E-state index contributed by atoms with van der Waals surface area (Å²) in [5.74, 6) is 0.407. The van der Waals surface area contributed by atoms with Crippen LogP contribution in [0.5, 0.6) is 5.75 Å². The third-order valence-corrected chi connectivity index (χ3v) is 4.73. The largest absolute Gasteiger partial charge is 0.423 e. The number of esters is 1. The zero-order valence-electron chi connectivity index (χ0n) is 18.4. The number of benzene rings is 3. The molecule has 3 rings (SSSR count). The van der Waals surface area contributed by atoms with E-state index in [1.54, 1.807) is 49.5 Å². The van der Waals surface area contributed by atoms with Gasteiger partial charge in [-0.25, -0.2) is 4.79 Å². The second-order valence-electron chi connectivity index (χ2n) is 7.21. The Bertz CT molecular complexity index is 1200. The molecule has 3 aromatic rings. The van der Waals surface area contributed by atoms with Crippen LogP contribution in [0, 0.1) is 5.41 Å². The van der Waals surface area contributed by atoms with Crippen LogP contribution in [0.4, 0.5) is 5.69 Å². The minimum Gasteiger partial charge on any atom is -0.423 e. The van der Waals surface area contributed by atoms with Crippen molar-refractivity contribution < 1.29 is 14.3 Å². The fourth-order valence-electron chi connectivity index (χ4n) is 3.05. The predicted molar refractivity (Wildman–Crippen MR) is 130 cm³/mol. The Hall–Kier alpha value is -4.40. The molecule has 0 atom stereocenters. The SMILES string of the molecule is CN=C(NCCNC(C)=O)Nc1ccc(C(=O)Oc2ccc3cc(C(=N)N)ccc3c2)cc1. The van der Waals surface area contributed by atoms with Gasteiger partial charge in [0.25, 0.3) is 0 Å². The second kappa shape index (κ2) is 10.8. The van der Waals surface area contributed by atoms with Crippen LogP contribution in [-0.2, 0) is 4.79 Å².